The number of allylic oxidation sites excluding steroid dienone is 3. The van der Waals surface area contributed by atoms with E-state index in [9.17, 15) is 14.7 Å². The predicted octanol–water partition coefficient (Wildman–Crippen LogP) is 4.50. The Balaban J connectivity index is 2.24. The topological polar surface area (TPSA) is 86.0 Å². The number of ether oxygens (including phenoxy) is 2. The minimum atomic E-state index is -0.928. The second-order valence-electron chi connectivity index (χ2n) is 6.47. The van der Waals surface area contributed by atoms with E-state index >= 15 is 0 Å². The van der Waals surface area contributed by atoms with Gasteiger partial charge in [0.2, 0.25) is 0 Å². The molecule has 0 fully saturated rings. The third kappa shape index (κ3) is 5.48. The molecule has 1 aromatic heterocycles. The van der Waals surface area contributed by atoms with Crippen molar-refractivity contribution in [3.8, 4) is 17.2 Å². The van der Waals surface area contributed by atoms with Crippen LogP contribution in [-0.2, 0) is 4.79 Å². The number of hydrogen-bond donors (Lipinski definition) is 1. The number of aromatic hydroxyl groups is 1. The molecule has 1 aromatic carbocycles. The van der Waals surface area contributed by atoms with Crippen molar-refractivity contribution in [1.29, 1.82) is 0 Å². The normalized spacial score (nSPS) is 11.3. The molecule has 0 aliphatic carbocycles. The zero-order valence-electron chi connectivity index (χ0n) is 16.0. The molecule has 0 saturated heterocycles. The van der Waals surface area contributed by atoms with Gasteiger partial charge < -0.3 is 19.0 Å². The van der Waals surface area contributed by atoms with Crippen molar-refractivity contribution >= 4 is 16.9 Å². The zero-order chi connectivity index (χ0) is 20.0. The van der Waals surface area contributed by atoms with E-state index < -0.39 is 23.1 Å². The largest absolute Gasteiger partial charge is 0.503 e. The lowest BCUT2D eigenvalue weighted by atomic mass is 10.1. The van der Waals surface area contributed by atoms with Crippen LogP contribution in [0.15, 0.2) is 50.7 Å². The van der Waals surface area contributed by atoms with Crippen LogP contribution < -0.4 is 15.1 Å². The van der Waals surface area contributed by atoms with Crippen molar-refractivity contribution in [3.05, 3.63) is 51.9 Å². The van der Waals surface area contributed by atoms with E-state index in [0.717, 1.165) is 19.8 Å². The molecule has 0 aliphatic heterocycles. The number of benzene rings is 1. The maximum Gasteiger partial charge on any atom is 0.383 e. The molecule has 2 aromatic rings. The molecule has 1 heterocycles. The first-order chi connectivity index (χ1) is 12.8. The van der Waals surface area contributed by atoms with E-state index in [0.29, 0.717) is 12.4 Å². The van der Waals surface area contributed by atoms with Crippen LogP contribution in [-0.4, -0.2) is 17.7 Å². The molecular formula is C21H24O6. The molecule has 2 rings (SSSR count). The van der Waals surface area contributed by atoms with Crippen LogP contribution in [0.1, 0.15) is 40.5 Å². The van der Waals surface area contributed by atoms with Gasteiger partial charge in [-0.15, -0.1) is 0 Å². The van der Waals surface area contributed by atoms with Gasteiger partial charge in [0.1, 0.15) is 23.3 Å². The number of carbonyl (C=O) groups excluding carboxylic acids is 1. The van der Waals surface area contributed by atoms with Crippen molar-refractivity contribution in [1.82, 2.24) is 0 Å². The first-order valence-corrected chi connectivity index (χ1v) is 8.68. The first kappa shape index (κ1) is 20.3. The Morgan fingerprint density at radius 2 is 1.93 bits per heavy atom. The van der Waals surface area contributed by atoms with E-state index in [1.54, 1.807) is 12.1 Å². The minimum absolute atomic E-state index is 0.148. The molecule has 0 radical (unpaired) electrons. The molecule has 6 heteroatoms. The van der Waals surface area contributed by atoms with E-state index in [1.807, 2.05) is 13.0 Å². The van der Waals surface area contributed by atoms with Crippen molar-refractivity contribution < 1.29 is 23.8 Å². The zero-order valence-corrected chi connectivity index (χ0v) is 16.0. The van der Waals surface area contributed by atoms with Gasteiger partial charge in [-0.25, -0.2) is 4.79 Å². The minimum Gasteiger partial charge on any atom is -0.503 e. The van der Waals surface area contributed by atoms with E-state index in [-0.39, 0.29) is 11.0 Å². The van der Waals surface area contributed by atoms with Crippen LogP contribution in [0.5, 0.6) is 17.2 Å². The van der Waals surface area contributed by atoms with Crippen LogP contribution >= 0.6 is 0 Å². The highest BCUT2D eigenvalue weighted by molar-refractivity contribution is 5.91. The Hall–Kier alpha value is -3.02. The van der Waals surface area contributed by atoms with Gasteiger partial charge >= 0.3 is 11.6 Å². The molecular weight excluding hydrogens is 348 g/mol. The van der Waals surface area contributed by atoms with Gasteiger partial charge in [-0.2, -0.15) is 0 Å². The Morgan fingerprint density at radius 1 is 1.19 bits per heavy atom. The van der Waals surface area contributed by atoms with E-state index in [4.69, 9.17) is 13.9 Å². The van der Waals surface area contributed by atoms with Crippen molar-refractivity contribution in [2.75, 3.05) is 6.61 Å². The fraction of sp³-hybridized carbons (Fsp3) is 0.333. The average molecular weight is 372 g/mol. The van der Waals surface area contributed by atoms with Gasteiger partial charge in [0, 0.05) is 6.92 Å². The third-order valence-corrected chi connectivity index (χ3v) is 3.84. The standard InChI is InChI=1S/C21H24O6/c1-13(2)7-5-8-14(3)11-12-25-16-9-6-10-17-18(16)19(23)20(21(24)27-17)26-15(4)22/h6-7,9-11,23H,5,8,12H2,1-4H3/b14-11+. The van der Waals surface area contributed by atoms with Crippen LogP contribution in [0.25, 0.3) is 11.0 Å². The van der Waals surface area contributed by atoms with Crippen molar-refractivity contribution in [3.63, 3.8) is 0 Å². The summed E-state index contributed by atoms with van der Waals surface area (Å²) >= 11 is 0. The maximum absolute atomic E-state index is 11.9. The third-order valence-electron chi connectivity index (χ3n) is 3.84. The Bertz CT molecular complexity index is 945. The van der Waals surface area contributed by atoms with Crippen molar-refractivity contribution in [2.24, 2.45) is 0 Å². The maximum atomic E-state index is 11.9. The fourth-order valence-electron chi connectivity index (χ4n) is 2.50. The fourth-order valence-corrected chi connectivity index (χ4v) is 2.50. The molecule has 0 spiro atoms. The molecule has 0 unspecified atom stereocenters. The van der Waals surface area contributed by atoms with Gasteiger partial charge in [0.15, 0.2) is 5.75 Å². The molecule has 6 nitrogen and oxygen atoms in total. The smallest absolute Gasteiger partial charge is 0.383 e. The van der Waals surface area contributed by atoms with Gasteiger partial charge in [-0.1, -0.05) is 23.3 Å². The Morgan fingerprint density at radius 3 is 2.59 bits per heavy atom. The average Bonchev–Trinajstić information content (AvgIpc) is 2.58. The van der Waals surface area contributed by atoms with Gasteiger partial charge in [0.05, 0.1) is 0 Å². The predicted molar refractivity (Wildman–Crippen MR) is 103 cm³/mol. The number of hydrogen-bond acceptors (Lipinski definition) is 6. The lowest BCUT2D eigenvalue weighted by molar-refractivity contribution is -0.132. The Labute approximate surface area is 157 Å². The van der Waals surface area contributed by atoms with Gasteiger partial charge in [-0.3, -0.25) is 4.79 Å². The van der Waals surface area contributed by atoms with Crippen LogP contribution in [0, 0.1) is 0 Å². The Kier molecular flexibility index (Phi) is 6.82. The number of esters is 1. The molecule has 0 saturated carbocycles. The lowest BCUT2D eigenvalue weighted by Crippen LogP contribution is -2.11. The second kappa shape index (κ2) is 9.07. The van der Waals surface area contributed by atoms with Crippen LogP contribution in [0.2, 0.25) is 0 Å². The SMILES string of the molecule is CC(=O)Oc1c(O)c2c(OC/C=C(\C)CCC=C(C)C)cccc2oc1=O. The van der Waals surface area contributed by atoms with Gasteiger partial charge in [-0.05, 0) is 51.8 Å². The summed E-state index contributed by atoms with van der Waals surface area (Å²) in [4.78, 5) is 23.1. The molecule has 0 aliphatic rings. The molecule has 27 heavy (non-hydrogen) atoms. The summed E-state index contributed by atoms with van der Waals surface area (Å²) in [5.41, 5.74) is 1.69. The number of carbonyl (C=O) groups is 1. The summed E-state index contributed by atoms with van der Waals surface area (Å²) in [6.45, 7) is 7.59. The highest BCUT2D eigenvalue weighted by atomic mass is 16.6. The number of rotatable bonds is 7. The van der Waals surface area contributed by atoms with Gasteiger partial charge in [0.25, 0.3) is 5.75 Å². The summed E-state index contributed by atoms with van der Waals surface area (Å²) in [5.74, 6) is -1.42. The van der Waals surface area contributed by atoms with Crippen molar-refractivity contribution in [2.45, 2.75) is 40.5 Å². The molecule has 144 valence electrons. The summed E-state index contributed by atoms with van der Waals surface area (Å²) in [5, 5.41) is 10.6. The quantitative estimate of drug-likeness (QED) is 0.438. The molecule has 0 amide bonds. The van der Waals surface area contributed by atoms with Crippen LogP contribution in [0.4, 0.5) is 0 Å². The first-order valence-electron chi connectivity index (χ1n) is 8.68. The van der Waals surface area contributed by atoms with E-state index in [2.05, 4.69) is 19.9 Å². The molecule has 0 atom stereocenters. The second-order valence-corrected chi connectivity index (χ2v) is 6.47. The van der Waals surface area contributed by atoms with Crippen LogP contribution in [0.3, 0.4) is 0 Å². The highest BCUT2D eigenvalue weighted by Gasteiger charge is 2.20. The molecule has 0 bridgehead atoms. The summed E-state index contributed by atoms with van der Waals surface area (Å²) in [6, 6.07) is 4.82. The summed E-state index contributed by atoms with van der Waals surface area (Å²) in [6.07, 6.45) is 6.04. The monoisotopic (exact) mass is 372 g/mol. The lowest BCUT2D eigenvalue weighted by Gasteiger charge is -2.10. The summed E-state index contributed by atoms with van der Waals surface area (Å²) < 4.78 is 15.6. The number of fused-ring (bicyclic) bond motifs is 1. The molecule has 1 N–H and O–H groups in total. The highest BCUT2D eigenvalue weighted by Crippen LogP contribution is 2.37. The van der Waals surface area contributed by atoms with E-state index in [1.165, 1.54) is 17.2 Å². The summed E-state index contributed by atoms with van der Waals surface area (Å²) in [7, 11) is 0.